The first-order valence-electron chi connectivity index (χ1n) is 11.2. The van der Waals surface area contributed by atoms with Gasteiger partial charge >= 0.3 is 0 Å². The Labute approximate surface area is 173 Å². The van der Waals surface area contributed by atoms with Crippen LogP contribution in [0.1, 0.15) is 69.7 Å². The molecule has 1 aromatic heterocycles. The number of piperidine rings is 1. The molecule has 0 spiro atoms. The molecule has 0 radical (unpaired) electrons. The number of aldehydes is 1. The average molecular weight is 396 g/mol. The van der Waals surface area contributed by atoms with Crippen LogP contribution in [0.5, 0.6) is 0 Å². The largest absolute Gasteiger partial charge is 0.339 e. The van der Waals surface area contributed by atoms with Gasteiger partial charge in [-0.25, -0.2) is 0 Å². The maximum atomic E-state index is 10.9. The minimum atomic E-state index is 0.251. The fourth-order valence-electron chi connectivity index (χ4n) is 4.82. The minimum Gasteiger partial charge on any atom is -0.339 e. The molecule has 4 rings (SSSR count). The Balaban J connectivity index is 1.33. The maximum absolute atomic E-state index is 10.9. The van der Waals surface area contributed by atoms with E-state index >= 15 is 0 Å². The fourth-order valence-corrected chi connectivity index (χ4v) is 4.82. The van der Waals surface area contributed by atoms with E-state index in [-0.39, 0.29) is 5.92 Å². The van der Waals surface area contributed by atoms with Crippen molar-refractivity contribution < 1.29 is 9.32 Å². The molecule has 5 nitrogen and oxygen atoms in total. The van der Waals surface area contributed by atoms with E-state index in [0.717, 1.165) is 74.9 Å². The third-order valence-electron chi connectivity index (χ3n) is 6.95. The molecule has 0 bridgehead atoms. The Kier molecular flexibility index (Phi) is 6.43. The van der Waals surface area contributed by atoms with Crippen LogP contribution in [0, 0.1) is 17.8 Å². The standard InChI is InChI=1S/C24H33N3O2/c1-17(2)20-7-9-22(10-8-20)24-25-23(26-29-24)21-5-3-18(4-6-21)15-27-13-11-19(16-28)12-14-27/h3-6,16-17,19-20,22H,7-15H2,1-2H3. The van der Waals surface area contributed by atoms with Crippen molar-refractivity contribution in [3.05, 3.63) is 35.7 Å². The lowest BCUT2D eigenvalue weighted by Gasteiger charge is -2.29. The summed E-state index contributed by atoms with van der Waals surface area (Å²) in [5.74, 6) is 3.78. The number of carbonyl (C=O) groups excluding carboxylic acids is 1. The van der Waals surface area contributed by atoms with Crippen LogP contribution in [0.25, 0.3) is 11.4 Å². The zero-order valence-corrected chi connectivity index (χ0v) is 17.7. The van der Waals surface area contributed by atoms with Crippen LogP contribution in [-0.2, 0) is 11.3 Å². The summed E-state index contributed by atoms with van der Waals surface area (Å²) in [6.45, 7) is 7.58. The van der Waals surface area contributed by atoms with Crippen molar-refractivity contribution in [2.24, 2.45) is 17.8 Å². The van der Waals surface area contributed by atoms with Crippen LogP contribution in [0.2, 0.25) is 0 Å². The lowest BCUT2D eigenvalue weighted by atomic mass is 9.77. The highest BCUT2D eigenvalue weighted by atomic mass is 16.5. The van der Waals surface area contributed by atoms with E-state index in [0.29, 0.717) is 11.7 Å². The number of carbonyl (C=O) groups is 1. The first-order valence-corrected chi connectivity index (χ1v) is 11.2. The molecule has 29 heavy (non-hydrogen) atoms. The van der Waals surface area contributed by atoms with Gasteiger partial charge in [-0.1, -0.05) is 43.3 Å². The molecule has 1 aliphatic heterocycles. The molecule has 5 heteroatoms. The lowest BCUT2D eigenvalue weighted by Crippen LogP contribution is -2.33. The van der Waals surface area contributed by atoms with Gasteiger partial charge in [-0.2, -0.15) is 4.98 Å². The van der Waals surface area contributed by atoms with E-state index in [1.54, 1.807) is 0 Å². The summed E-state index contributed by atoms with van der Waals surface area (Å²) in [7, 11) is 0. The van der Waals surface area contributed by atoms with Crippen LogP contribution in [0.4, 0.5) is 0 Å². The molecule has 0 amide bonds. The second kappa shape index (κ2) is 9.21. The zero-order chi connectivity index (χ0) is 20.2. The van der Waals surface area contributed by atoms with Crippen LogP contribution in [-0.4, -0.2) is 34.4 Å². The monoisotopic (exact) mass is 395 g/mol. The Hall–Kier alpha value is -2.01. The number of nitrogens with zero attached hydrogens (tertiary/aromatic N) is 3. The third kappa shape index (κ3) is 4.95. The van der Waals surface area contributed by atoms with Gasteiger partial charge in [0.2, 0.25) is 11.7 Å². The summed E-state index contributed by atoms with van der Waals surface area (Å²) in [6, 6.07) is 8.51. The minimum absolute atomic E-state index is 0.251. The van der Waals surface area contributed by atoms with Crippen LogP contribution < -0.4 is 0 Å². The molecule has 156 valence electrons. The Morgan fingerprint density at radius 2 is 1.76 bits per heavy atom. The second-order valence-electron chi connectivity index (χ2n) is 9.26. The van der Waals surface area contributed by atoms with Gasteiger partial charge in [-0.05, 0) is 69.0 Å². The van der Waals surface area contributed by atoms with Gasteiger partial charge in [0.05, 0.1) is 0 Å². The predicted molar refractivity (Wildman–Crippen MR) is 113 cm³/mol. The highest BCUT2D eigenvalue weighted by molar-refractivity contribution is 5.55. The van der Waals surface area contributed by atoms with Crippen molar-refractivity contribution in [1.29, 1.82) is 0 Å². The summed E-state index contributed by atoms with van der Waals surface area (Å²) in [5, 5.41) is 4.25. The molecule has 0 atom stereocenters. The fraction of sp³-hybridized carbons (Fsp3) is 0.625. The van der Waals surface area contributed by atoms with Gasteiger partial charge in [-0.3, -0.25) is 4.90 Å². The van der Waals surface area contributed by atoms with E-state index in [9.17, 15) is 4.79 Å². The predicted octanol–water partition coefficient (Wildman–Crippen LogP) is 5.08. The lowest BCUT2D eigenvalue weighted by molar-refractivity contribution is -0.112. The van der Waals surface area contributed by atoms with Gasteiger partial charge in [0.1, 0.15) is 6.29 Å². The summed E-state index contributed by atoms with van der Waals surface area (Å²) in [5.41, 5.74) is 2.30. The molecule has 1 aromatic carbocycles. The normalized spacial score (nSPS) is 24.1. The highest BCUT2D eigenvalue weighted by Gasteiger charge is 2.28. The summed E-state index contributed by atoms with van der Waals surface area (Å²) < 4.78 is 5.63. The Morgan fingerprint density at radius 1 is 1.07 bits per heavy atom. The maximum Gasteiger partial charge on any atom is 0.230 e. The van der Waals surface area contributed by atoms with Crippen molar-refractivity contribution in [2.75, 3.05) is 13.1 Å². The summed E-state index contributed by atoms with van der Waals surface area (Å²) in [6.07, 6.45) is 7.91. The molecule has 1 saturated heterocycles. The van der Waals surface area contributed by atoms with Crippen molar-refractivity contribution in [1.82, 2.24) is 15.0 Å². The van der Waals surface area contributed by atoms with Crippen LogP contribution in [0.3, 0.4) is 0 Å². The zero-order valence-electron chi connectivity index (χ0n) is 17.7. The number of rotatable bonds is 6. The quantitative estimate of drug-likeness (QED) is 0.639. The van der Waals surface area contributed by atoms with Gasteiger partial charge in [0, 0.05) is 23.9 Å². The van der Waals surface area contributed by atoms with E-state index in [1.165, 1.54) is 18.4 Å². The van der Waals surface area contributed by atoms with E-state index < -0.39 is 0 Å². The molecular weight excluding hydrogens is 362 g/mol. The summed E-state index contributed by atoms with van der Waals surface area (Å²) in [4.78, 5) is 18.0. The smallest absolute Gasteiger partial charge is 0.230 e. The van der Waals surface area contributed by atoms with Crippen molar-refractivity contribution in [2.45, 2.75) is 64.8 Å². The van der Waals surface area contributed by atoms with Crippen molar-refractivity contribution >= 4 is 6.29 Å². The third-order valence-corrected chi connectivity index (χ3v) is 6.95. The molecule has 2 aliphatic rings. The van der Waals surface area contributed by atoms with Crippen molar-refractivity contribution in [3.8, 4) is 11.4 Å². The molecule has 1 saturated carbocycles. The second-order valence-corrected chi connectivity index (χ2v) is 9.26. The molecular formula is C24H33N3O2. The number of hydrogen-bond acceptors (Lipinski definition) is 5. The average Bonchev–Trinajstić information content (AvgIpc) is 3.25. The molecule has 1 aliphatic carbocycles. The van der Waals surface area contributed by atoms with Crippen LogP contribution >= 0.6 is 0 Å². The van der Waals surface area contributed by atoms with Gasteiger partial charge in [-0.15, -0.1) is 0 Å². The first kappa shape index (κ1) is 20.3. The molecule has 2 fully saturated rings. The van der Waals surface area contributed by atoms with Gasteiger partial charge in [0.15, 0.2) is 0 Å². The topological polar surface area (TPSA) is 59.2 Å². The van der Waals surface area contributed by atoms with E-state index in [2.05, 4.69) is 48.2 Å². The van der Waals surface area contributed by atoms with E-state index in [4.69, 9.17) is 9.51 Å². The Bertz CT molecular complexity index is 783. The SMILES string of the molecule is CC(C)C1CCC(c2nc(-c3ccc(CN4CCC(C=O)CC4)cc3)no2)CC1. The van der Waals surface area contributed by atoms with Crippen molar-refractivity contribution in [3.63, 3.8) is 0 Å². The van der Waals surface area contributed by atoms with Gasteiger partial charge in [0.25, 0.3) is 0 Å². The number of aromatic nitrogens is 2. The highest BCUT2D eigenvalue weighted by Crippen LogP contribution is 2.38. The molecule has 0 unspecified atom stereocenters. The van der Waals surface area contributed by atoms with E-state index in [1.807, 2.05) is 0 Å². The molecule has 2 aromatic rings. The molecule has 0 N–H and O–H groups in total. The Morgan fingerprint density at radius 3 is 2.38 bits per heavy atom. The number of likely N-dealkylation sites (tertiary alicyclic amines) is 1. The summed E-state index contributed by atoms with van der Waals surface area (Å²) >= 11 is 0. The van der Waals surface area contributed by atoms with Gasteiger partial charge < -0.3 is 9.32 Å². The molecule has 2 heterocycles. The number of hydrogen-bond donors (Lipinski definition) is 0. The van der Waals surface area contributed by atoms with Crippen LogP contribution in [0.15, 0.2) is 28.8 Å². The first-order chi connectivity index (χ1) is 14.1. The number of benzene rings is 1.